The van der Waals surface area contributed by atoms with Crippen molar-refractivity contribution in [3.05, 3.63) is 59.4 Å². The molecule has 2 N–H and O–H groups in total. The van der Waals surface area contributed by atoms with Gasteiger partial charge in [-0.2, -0.15) is 4.31 Å². The van der Waals surface area contributed by atoms with E-state index in [1.165, 1.54) is 10.6 Å². The Hall–Kier alpha value is -2.20. The molecule has 1 saturated carbocycles. The van der Waals surface area contributed by atoms with Crippen LogP contribution < -0.4 is 5.48 Å². The van der Waals surface area contributed by atoms with Gasteiger partial charge in [0.2, 0.25) is 10.0 Å². The predicted molar refractivity (Wildman–Crippen MR) is 119 cm³/mol. The summed E-state index contributed by atoms with van der Waals surface area (Å²) >= 11 is 1.60. The largest absolute Gasteiger partial charge is 0.468 e. The number of amides is 1. The van der Waals surface area contributed by atoms with Crippen molar-refractivity contribution < 1.29 is 22.8 Å². The van der Waals surface area contributed by atoms with Gasteiger partial charge in [0, 0.05) is 4.70 Å². The number of hydrogen-bond donors (Lipinski definition) is 2. The Morgan fingerprint density at radius 1 is 1.23 bits per heavy atom. The maximum absolute atomic E-state index is 13.6. The molecule has 9 heteroatoms. The molecule has 2 heterocycles. The van der Waals surface area contributed by atoms with Crippen LogP contribution >= 0.6 is 11.3 Å². The summed E-state index contributed by atoms with van der Waals surface area (Å²) in [5, 5.41) is 12.4. The molecule has 0 radical (unpaired) electrons. The minimum atomic E-state index is -3.90. The molecule has 1 aliphatic rings. The Bertz CT molecular complexity index is 1120. The predicted octanol–water partition coefficient (Wildman–Crippen LogP) is 4.28. The standard InChI is InChI=1S/C22H26N2O5S2/c25-22(23-26)21(17-5-2-1-3-6-17)24(14-19-7-4-11-29-19)31(27,28)15-16-8-9-20-18(13-16)10-12-30-20/h4,7-13,17,21,26H,1-3,5-6,14-15H2,(H,23,25)/t21-/m1/s1. The van der Waals surface area contributed by atoms with E-state index in [1.54, 1.807) is 28.9 Å². The fourth-order valence-electron chi connectivity index (χ4n) is 4.42. The van der Waals surface area contributed by atoms with Crippen LogP contribution in [-0.4, -0.2) is 29.9 Å². The topological polar surface area (TPSA) is 99.8 Å². The highest BCUT2D eigenvalue weighted by Gasteiger charge is 2.41. The summed E-state index contributed by atoms with van der Waals surface area (Å²) in [6.07, 6.45) is 5.89. The first-order valence-corrected chi connectivity index (χ1v) is 12.9. The van der Waals surface area contributed by atoms with Gasteiger partial charge in [0.25, 0.3) is 5.91 Å². The highest BCUT2D eigenvalue weighted by Crippen LogP contribution is 2.32. The Morgan fingerprint density at radius 2 is 2.03 bits per heavy atom. The van der Waals surface area contributed by atoms with Crippen LogP contribution in [0.3, 0.4) is 0 Å². The second-order valence-corrected chi connectivity index (χ2v) is 10.9. The number of thiophene rings is 1. The number of nitrogens with one attached hydrogen (secondary N) is 1. The zero-order valence-electron chi connectivity index (χ0n) is 17.1. The molecule has 1 aliphatic carbocycles. The van der Waals surface area contributed by atoms with Crippen molar-refractivity contribution in [3.8, 4) is 0 Å². The summed E-state index contributed by atoms with van der Waals surface area (Å²) in [7, 11) is -3.90. The van der Waals surface area contributed by atoms with Crippen LogP contribution in [0.2, 0.25) is 0 Å². The van der Waals surface area contributed by atoms with E-state index in [0.29, 0.717) is 11.3 Å². The van der Waals surface area contributed by atoms with Crippen molar-refractivity contribution >= 4 is 37.4 Å². The lowest BCUT2D eigenvalue weighted by molar-refractivity contribution is -0.135. The third kappa shape index (κ3) is 5.01. The van der Waals surface area contributed by atoms with Crippen molar-refractivity contribution in [2.75, 3.05) is 0 Å². The average molecular weight is 463 g/mol. The molecule has 1 amide bonds. The molecular formula is C22H26N2O5S2. The lowest BCUT2D eigenvalue weighted by atomic mass is 9.83. The second-order valence-electron chi connectivity index (χ2n) is 7.99. The van der Waals surface area contributed by atoms with Crippen LogP contribution in [-0.2, 0) is 27.1 Å². The lowest BCUT2D eigenvalue weighted by Crippen LogP contribution is -2.53. The molecule has 2 aromatic heterocycles. The monoisotopic (exact) mass is 462 g/mol. The normalized spacial score (nSPS) is 16.6. The van der Waals surface area contributed by atoms with Crippen molar-refractivity contribution in [1.82, 2.24) is 9.79 Å². The minimum Gasteiger partial charge on any atom is -0.468 e. The van der Waals surface area contributed by atoms with Gasteiger partial charge in [0.15, 0.2) is 0 Å². The molecule has 3 aromatic rings. The molecule has 0 aliphatic heterocycles. The van der Waals surface area contributed by atoms with Gasteiger partial charge in [-0.1, -0.05) is 25.3 Å². The number of hydroxylamine groups is 1. The molecule has 1 aromatic carbocycles. The van der Waals surface area contributed by atoms with E-state index in [1.807, 2.05) is 29.6 Å². The summed E-state index contributed by atoms with van der Waals surface area (Å²) in [5.74, 6) is -0.648. The van der Waals surface area contributed by atoms with Crippen LogP contribution in [0.5, 0.6) is 0 Å². The summed E-state index contributed by atoms with van der Waals surface area (Å²) < 4.78 is 35.0. The molecule has 0 spiro atoms. The van der Waals surface area contributed by atoms with Crippen LogP contribution in [0.4, 0.5) is 0 Å². The first-order chi connectivity index (χ1) is 15.0. The molecule has 0 unspecified atom stereocenters. The number of carbonyl (C=O) groups excluding carboxylic acids is 1. The molecule has 31 heavy (non-hydrogen) atoms. The average Bonchev–Trinajstić information content (AvgIpc) is 3.45. The van der Waals surface area contributed by atoms with E-state index in [-0.39, 0.29) is 18.2 Å². The van der Waals surface area contributed by atoms with Gasteiger partial charge >= 0.3 is 0 Å². The molecule has 1 fully saturated rings. The molecule has 166 valence electrons. The maximum Gasteiger partial charge on any atom is 0.262 e. The van der Waals surface area contributed by atoms with E-state index < -0.39 is 22.0 Å². The number of rotatable bonds is 8. The highest BCUT2D eigenvalue weighted by atomic mass is 32.2. The third-order valence-corrected chi connectivity index (χ3v) is 8.57. The molecule has 7 nitrogen and oxygen atoms in total. The van der Waals surface area contributed by atoms with Crippen molar-refractivity contribution in [2.24, 2.45) is 5.92 Å². The zero-order valence-corrected chi connectivity index (χ0v) is 18.7. The van der Waals surface area contributed by atoms with E-state index in [9.17, 15) is 18.4 Å². The third-order valence-electron chi connectivity index (χ3n) is 5.90. The molecule has 0 bridgehead atoms. The number of fused-ring (bicyclic) bond motifs is 1. The Morgan fingerprint density at radius 3 is 2.74 bits per heavy atom. The Labute approximate surface area is 185 Å². The fraction of sp³-hybridized carbons (Fsp3) is 0.409. The number of carbonyl (C=O) groups is 1. The lowest BCUT2D eigenvalue weighted by Gasteiger charge is -2.36. The maximum atomic E-state index is 13.6. The van der Waals surface area contributed by atoms with Crippen LogP contribution in [0, 0.1) is 5.92 Å². The van der Waals surface area contributed by atoms with Gasteiger partial charge in [0.1, 0.15) is 11.8 Å². The van der Waals surface area contributed by atoms with Gasteiger partial charge < -0.3 is 4.42 Å². The number of benzene rings is 1. The number of hydrogen-bond acceptors (Lipinski definition) is 6. The zero-order chi connectivity index (χ0) is 21.8. The Balaban J connectivity index is 1.69. The SMILES string of the molecule is O=C(NO)[C@@H](C1CCCCC1)N(Cc1ccco1)S(=O)(=O)Cc1ccc2sccc2c1. The molecular weight excluding hydrogens is 436 g/mol. The van der Waals surface area contributed by atoms with Gasteiger partial charge in [-0.25, -0.2) is 13.9 Å². The molecule has 0 saturated heterocycles. The van der Waals surface area contributed by atoms with Crippen LogP contribution in [0.15, 0.2) is 52.5 Å². The first kappa shape index (κ1) is 22.0. The first-order valence-electron chi connectivity index (χ1n) is 10.4. The van der Waals surface area contributed by atoms with Crippen LogP contribution in [0.25, 0.3) is 10.1 Å². The van der Waals surface area contributed by atoms with Crippen molar-refractivity contribution in [1.29, 1.82) is 0 Å². The summed E-state index contributed by atoms with van der Waals surface area (Å²) in [6.45, 7) is -0.0649. The van der Waals surface area contributed by atoms with Crippen LogP contribution in [0.1, 0.15) is 43.4 Å². The number of sulfonamides is 1. The van der Waals surface area contributed by atoms with E-state index >= 15 is 0 Å². The van der Waals surface area contributed by atoms with E-state index in [4.69, 9.17) is 4.42 Å². The highest BCUT2D eigenvalue weighted by molar-refractivity contribution is 7.88. The van der Waals surface area contributed by atoms with Gasteiger partial charge in [-0.15, -0.1) is 11.3 Å². The fourth-order valence-corrected chi connectivity index (χ4v) is 6.90. The van der Waals surface area contributed by atoms with Crippen molar-refractivity contribution in [2.45, 2.75) is 50.4 Å². The summed E-state index contributed by atoms with van der Waals surface area (Å²) in [4.78, 5) is 12.7. The summed E-state index contributed by atoms with van der Waals surface area (Å²) in [5.41, 5.74) is 2.36. The number of furan rings is 1. The Kier molecular flexibility index (Phi) is 6.76. The van der Waals surface area contributed by atoms with Crippen molar-refractivity contribution in [3.63, 3.8) is 0 Å². The van der Waals surface area contributed by atoms with Gasteiger partial charge in [-0.05, 0) is 65.4 Å². The smallest absolute Gasteiger partial charge is 0.262 e. The molecule has 4 rings (SSSR count). The summed E-state index contributed by atoms with van der Waals surface area (Å²) in [6, 6.07) is 9.94. The number of nitrogens with zero attached hydrogens (tertiary/aromatic N) is 1. The minimum absolute atomic E-state index is 0.0649. The van der Waals surface area contributed by atoms with Gasteiger partial charge in [0.05, 0.1) is 18.6 Å². The molecule has 1 atom stereocenters. The van der Waals surface area contributed by atoms with E-state index in [2.05, 4.69) is 0 Å². The van der Waals surface area contributed by atoms with E-state index in [0.717, 1.165) is 42.2 Å². The quantitative estimate of drug-likeness (QED) is 0.384. The van der Waals surface area contributed by atoms with Gasteiger partial charge in [-0.3, -0.25) is 10.0 Å². The second kappa shape index (κ2) is 9.52.